The highest BCUT2D eigenvalue weighted by atomic mass is 19.1. The summed E-state index contributed by atoms with van der Waals surface area (Å²) in [6, 6.07) is 6.83. The van der Waals surface area contributed by atoms with Crippen LogP contribution in [0.5, 0.6) is 0 Å². The van der Waals surface area contributed by atoms with E-state index >= 15 is 0 Å². The lowest BCUT2D eigenvalue weighted by atomic mass is 9.94. The maximum atomic E-state index is 13.8. The Labute approximate surface area is 138 Å². The molecule has 0 unspecified atom stereocenters. The molecule has 0 atom stereocenters. The molecule has 0 amide bonds. The molecule has 1 aliphatic heterocycles. The Morgan fingerprint density at radius 2 is 1.71 bits per heavy atom. The van der Waals surface area contributed by atoms with Gasteiger partial charge in [0.1, 0.15) is 11.6 Å². The Morgan fingerprint density at radius 1 is 1.04 bits per heavy atom. The molecular formula is C19H16F2N2O. The number of aromatic nitrogens is 1. The minimum atomic E-state index is -0.551. The van der Waals surface area contributed by atoms with E-state index in [9.17, 15) is 13.6 Å². The Morgan fingerprint density at radius 3 is 2.42 bits per heavy atom. The number of ketones is 1. The Balaban J connectivity index is 1.97. The fourth-order valence-corrected chi connectivity index (χ4v) is 2.68. The molecule has 0 spiro atoms. The molecule has 3 rings (SSSR count). The smallest absolute Gasteiger partial charge is 0.187 e. The summed E-state index contributed by atoms with van der Waals surface area (Å²) in [4.78, 5) is 18.6. The van der Waals surface area contributed by atoms with E-state index in [2.05, 4.69) is 4.98 Å². The van der Waals surface area contributed by atoms with Gasteiger partial charge in [0, 0.05) is 42.2 Å². The highest BCUT2D eigenvalue weighted by molar-refractivity contribution is 6.14. The molecular weight excluding hydrogens is 310 g/mol. The zero-order valence-electron chi connectivity index (χ0n) is 13.2. The average Bonchev–Trinajstić information content (AvgIpc) is 2.56. The number of carbonyl (C=O) groups excluding carboxylic acids is 1. The molecule has 1 saturated heterocycles. The molecule has 1 aliphatic rings. The first-order valence-corrected chi connectivity index (χ1v) is 7.52. The first kappa shape index (κ1) is 16.2. The van der Waals surface area contributed by atoms with Crippen LogP contribution in [0.2, 0.25) is 0 Å². The van der Waals surface area contributed by atoms with Crippen LogP contribution in [0.4, 0.5) is 8.78 Å². The van der Waals surface area contributed by atoms with Crippen LogP contribution >= 0.6 is 0 Å². The standard InChI is InChI=1S/C19H16F2N2O/c1-23-11-15(8-13-4-6-22-7-5-13)19(24)16(12-23)9-14-10-17(20)2-3-18(14)21/h2-10H,11-12H2,1H3/b15-8+,16-9+. The van der Waals surface area contributed by atoms with Crippen molar-refractivity contribution in [1.29, 1.82) is 0 Å². The third kappa shape index (κ3) is 3.63. The third-order valence-electron chi connectivity index (χ3n) is 3.80. The van der Waals surface area contributed by atoms with Gasteiger partial charge in [0.25, 0.3) is 0 Å². The van der Waals surface area contributed by atoms with E-state index in [0.717, 1.165) is 23.8 Å². The fourth-order valence-electron chi connectivity index (χ4n) is 2.68. The topological polar surface area (TPSA) is 33.2 Å². The number of hydrogen-bond donors (Lipinski definition) is 0. The molecule has 1 fully saturated rings. The van der Waals surface area contributed by atoms with E-state index in [1.165, 1.54) is 6.08 Å². The zero-order valence-corrected chi connectivity index (χ0v) is 13.2. The van der Waals surface area contributed by atoms with Gasteiger partial charge in [-0.2, -0.15) is 0 Å². The van der Waals surface area contributed by atoms with Gasteiger partial charge in [-0.05, 0) is 55.1 Å². The number of Topliss-reactive ketones (excluding diaryl/α,β-unsaturated/α-hetero) is 1. The Hall–Kier alpha value is -2.66. The summed E-state index contributed by atoms with van der Waals surface area (Å²) < 4.78 is 27.2. The monoisotopic (exact) mass is 326 g/mol. The van der Waals surface area contributed by atoms with Gasteiger partial charge in [-0.1, -0.05) is 0 Å². The SMILES string of the molecule is CN1C/C(=C\c2ccncc2)C(=O)/C(=C/c2cc(F)ccc2F)C1. The number of benzene rings is 1. The van der Waals surface area contributed by atoms with E-state index in [0.29, 0.717) is 24.2 Å². The number of hydrogen-bond acceptors (Lipinski definition) is 3. The number of halogens is 2. The van der Waals surface area contributed by atoms with E-state index in [4.69, 9.17) is 0 Å². The second-order valence-corrected chi connectivity index (χ2v) is 5.79. The van der Waals surface area contributed by atoms with Crippen LogP contribution < -0.4 is 0 Å². The van der Waals surface area contributed by atoms with Crippen molar-refractivity contribution in [2.24, 2.45) is 0 Å². The van der Waals surface area contributed by atoms with Gasteiger partial charge >= 0.3 is 0 Å². The number of likely N-dealkylation sites (N-methyl/N-ethyl adjacent to an activating group) is 1. The van der Waals surface area contributed by atoms with E-state index in [1.54, 1.807) is 18.5 Å². The minimum Gasteiger partial charge on any atom is -0.298 e. The van der Waals surface area contributed by atoms with Gasteiger partial charge in [0.2, 0.25) is 0 Å². The molecule has 1 aromatic heterocycles. The van der Waals surface area contributed by atoms with Gasteiger partial charge in [-0.3, -0.25) is 14.7 Å². The largest absolute Gasteiger partial charge is 0.298 e. The van der Waals surface area contributed by atoms with Crippen molar-refractivity contribution in [3.63, 3.8) is 0 Å². The van der Waals surface area contributed by atoms with Crippen LogP contribution in [-0.2, 0) is 4.79 Å². The summed E-state index contributed by atoms with van der Waals surface area (Å²) in [6.45, 7) is 0.895. The van der Waals surface area contributed by atoms with Gasteiger partial charge in [-0.15, -0.1) is 0 Å². The summed E-state index contributed by atoms with van der Waals surface area (Å²) >= 11 is 0. The van der Waals surface area contributed by atoms with Gasteiger partial charge in [0.15, 0.2) is 5.78 Å². The van der Waals surface area contributed by atoms with Crippen LogP contribution in [0.1, 0.15) is 11.1 Å². The van der Waals surface area contributed by atoms with Crippen molar-refractivity contribution in [3.8, 4) is 0 Å². The summed E-state index contributed by atoms with van der Waals surface area (Å²) in [5.74, 6) is -1.23. The second-order valence-electron chi connectivity index (χ2n) is 5.79. The normalized spacial score (nSPS) is 19.2. The van der Waals surface area contributed by atoms with Crippen molar-refractivity contribution >= 4 is 17.9 Å². The maximum Gasteiger partial charge on any atom is 0.187 e. The molecule has 122 valence electrons. The van der Waals surface area contributed by atoms with Crippen LogP contribution in [0, 0.1) is 11.6 Å². The lowest BCUT2D eigenvalue weighted by molar-refractivity contribution is -0.113. The Kier molecular flexibility index (Phi) is 4.62. The third-order valence-corrected chi connectivity index (χ3v) is 3.80. The molecule has 0 saturated carbocycles. The first-order chi connectivity index (χ1) is 11.5. The number of carbonyl (C=O) groups is 1. The zero-order chi connectivity index (χ0) is 17.1. The number of nitrogens with zero attached hydrogens (tertiary/aromatic N) is 2. The van der Waals surface area contributed by atoms with Gasteiger partial charge < -0.3 is 0 Å². The van der Waals surface area contributed by atoms with Gasteiger partial charge in [-0.25, -0.2) is 8.78 Å². The second kappa shape index (κ2) is 6.84. The molecule has 0 radical (unpaired) electrons. The van der Waals surface area contributed by atoms with Crippen molar-refractivity contribution in [2.45, 2.75) is 0 Å². The first-order valence-electron chi connectivity index (χ1n) is 7.52. The summed E-state index contributed by atoms with van der Waals surface area (Å²) in [6.07, 6.45) is 6.54. The minimum absolute atomic E-state index is 0.0805. The van der Waals surface area contributed by atoms with Crippen molar-refractivity contribution in [3.05, 3.63) is 76.6 Å². The molecule has 2 aromatic rings. The quantitative estimate of drug-likeness (QED) is 0.794. The number of likely N-dealkylation sites (tertiary alicyclic amines) is 1. The number of piperidine rings is 1. The lowest BCUT2D eigenvalue weighted by Gasteiger charge is -2.26. The predicted molar refractivity (Wildman–Crippen MR) is 89.1 cm³/mol. The molecule has 24 heavy (non-hydrogen) atoms. The molecule has 1 aromatic carbocycles. The molecule has 2 heterocycles. The molecule has 0 N–H and O–H groups in total. The maximum absolute atomic E-state index is 13.8. The van der Waals surface area contributed by atoms with Gasteiger partial charge in [0.05, 0.1) is 0 Å². The molecule has 5 heteroatoms. The predicted octanol–water partition coefficient (Wildman–Crippen LogP) is 3.34. The highest BCUT2D eigenvalue weighted by Crippen LogP contribution is 2.22. The van der Waals surface area contributed by atoms with Crippen molar-refractivity contribution in [2.75, 3.05) is 20.1 Å². The number of pyridine rings is 1. The van der Waals surface area contributed by atoms with Crippen molar-refractivity contribution < 1.29 is 13.6 Å². The van der Waals surface area contributed by atoms with E-state index in [1.807, 2.05) is 24.1 Å². The molecule has 0 bridgehead atoms. The fraction of sp³-hybridized carbons (Fsp3) is 0.158. The van der Waals surface area contributed by atoms with E-state index < -0.39 is 11.6 Å². The van der Waals surface area contributed by atoms with E-state index in [-0.39, 0.29) is 11.3 Å². The molecule has 3 nitrogen and oxygen atoms in total. The summed E-state index contributed by atoms with van der Waals surface area (Å²) in [5.41, 5.74) is 2.00. The number of rotatable bonds is 2. The van der Waals surface area contributed by atoms with Crippen molar-refractivity contribution in [1.82, 2.24) is 9.88 Å². The molecule has 0 aliphatic carbocycles. The Bertz CT molecular complexity index is 829. The van der Waals surface area contributed by atoms with Crippen LogP contribution in [-0.4, -0.2) is 35.8 Å². The summed E-state index contributed by atoms with van der Waals surface area (Å²) in [5, 5.41) is 0. The summed E-state index contributed by atoms with van der Waals surface area (Å²) in [7, 11) is 1.88. The highest BCUT2D eigenvalue weighted by Gasteiger charge is 2.24. The van der Waals surface area contributed by atoms with Crippen LogP contribution in [0.3, 0.4) is 0 Å². The average molecular weight is 326 g/mol. The van der Waals surface area contributed by atoms with Crippen LogP contribution in [0.25, 0.3) is 12.2 Å². The van der Waals surface area contributed by atoms with Crippen LogP contribution in [0.15, 0.2) is 53.9 Å². The lowest BCUT2D eigenvalue weighted by Crippen LogP contribution is -2.34.